The van der Waals surface area contributed by atoms with E-state index in [1.165, 1.54) is 51.5 Å². The minimum absolute atomic E-state index is 0.704. The second-order valence-corrected chi connectivity index (χ2v) is 16.2. The number of hydrogen-bond acceptors (Lipinski definition) is 4. The van der Waals surface area contributed by atoms with Crippen LogP contribution in [0.3, 0.4) is 0 Å². The summed E-state index contributed by atoms with van der Waals surface area (Å²) >= 11 is 3.67. The van der Waals surface area contributed by atoms with E-state index in [0.717, 1.165) is 50.3 Å². The summed E-state index contributed by atoms with van der Waals surface area (Å²) in [5.41, 5.74) is 11.9. The van der Waals surface area contributed by atoms with Crippen molar-refractivity contribution in [3.8, 4) is 67.3 Å². The van der Waals surface area contributed by atoms with Gasteiger partial charge in [-0.05, 0) is 51.6 Å². The highest BCUT2D eigenvalue weighted by molar-refractivity contribution is 7.26. The maximum absolute atomic E-state index is 5.58. The summed E-state index contributed by atoms with van der Waals surface area (Å²) in [7, 11) is 0. The first-order valence-corrected chi connectivity index (χ1v) is 20.5. The summed E-state index contributed by atoms with van der Waals surface area (Å²) in [6, 6.07) is 69.5. The monoisotopic (exact) mass is 748 g/mol. The van der Waals surface area contributed by atoms with Crippen LogP contribution in [0.1, 0.15) is 0 Å². The van der Waals surface area contributed by atoms with Crippen molar-refractivity contribution >= 4 is 63.0 Å². The molecule has 0 spiro atoms. The zero-order chi connectivity index (χ0) is 37.0. The summed E-state index contributed by atoms with van der Waals surface area (Å²) in [4.78, 5) is 11.2. The van der Waals surface area contributed by atoms with Gasteiger partial charge in [0.1, 0.15) is 0 Å². The van der Waals surface area contributed by atoms with E-state index in [9.17, 15) is 0 Å². The minimum atomic E-state index is 0.704. The highest BCUT2D eigenvalue weighted by Crippen LogP contribution is 2.45. The average molecular weight is 749 g/mol. The molecule has 2 nitrogen and oxygen atoms in total. The van der Waals surface area contributed by atoms with Crippen LogP contribution in [0.4, 0.5) is 0 Å². The molecule has 0 amide bonds. The molecule has 0 N–H and O–H groups in total. The summed E-state index contributed by atoms with van der Waals surface area (Å²) < 4.78 is 5.01. The van der Waals surface area contributed by atoms with Crippen LogP contribution in [0.2, 0.25) is 0 Å². The van der Waals surface area contributed by atoms with E-state index in [4.69, 9.17) is 9.97 Å². The van der Waals surface area contributed by atoms with Gasteiger partial charge in [-0.15, -0.1) is 22.7 Å². The molecular formula is C52H32N2S2. The number of aromatic nitrogens is 2. The Morgan fingerprint density at radius 2 is 0.696 bits per heavy atom. The summed E-state index contributed by atoms with van der Waals surface area (Å²) in [6.07, 6.45) is 0. The first-order valence-electron chi connectivity index (χ1n) is 18.8. The summed E-state index contributed by atoms with van der Waals surface area (Å²) in [6.45, 7) is 0. The third-order valence-electron chi connectivity index (χ3n) is 10.8. The van der Waals surface area contributed by atoms with Gasteiger partial charge in [0.2, 0.25) is 0 Å². The van der Waals surface area contributed by atoms with Gasteiger partial charge in [-0.1, -0.05) is 176 Å². The van der Waals surface area contributed by atoms with Crippen molar-refractivity contribution in [3.05, 3.63) is 194 Å². The lowest BCUT2D eigenvalue weighted by molar-refractivity contribution is 1.19. The zero-order valence-corrected chi connectivity index (χ0v) is 31.8. The maximum atomic E-state index is 5.58. The molecule has 11 aromatic rings. The van der Waals surface area contributed by atoms with Gasteiger partial charge >= 0.3 is 0 Å². The van der Waals surface area contributed by atoms with E-state index in [1.807, 2.05) is 22.7 Å². The molecule has 0 bridgehead atoms. The Labute approximate surface area is 332 Å². The number of fused-ring (bicyclic) bond motifs is 6. The molecule has 0 atom stereocenters. The van der Waals surface area contributed by atoms with Gasteiger partial charge in [0.15, 0.2) is 5.82 Å². The summed E-state index contributed by atoms with van der Waals surface area (Å²) in [5, 5.41) is 5.05. The molecule has 0 saturated heterocycles. The number of nitrogens with zero attached hydrogens (tertiary/aromatic N) is 2. The predicted molar refractivity (Wildman–Crippen MR) is 240 cm³/mol. The largest absolute Gasteiger partial charge is 0.228 e. The summed E-state index contributed by atoms with van der Waals surface area (Å²) in [5.74, 6) is 0.704. The van der Waals surface area contributed by atoms with Crippen molar-refractivity contribution in [2.45, 2.75) is 0 Å². The molecule has 3 heterocycles. The Morgan fingerprint density at radius 1 is 0.304 bits per heavy atom. The average Bonchev–Trinajstić information content (AvgIpc) is 3.85. The quantitative estimate of drug-likeness (QED) is 0.169. The van der Waals surface area contributed by atoms with Crippen LogP contribution in [0.15, 0.2) is 194 Å². The Balaban J connectivity index is 1.20. The van der Waals surface area contributed by atoms with Gasteiger partial charge in [-0.3, -0.25) is 0 Å². The van der Waals surface area contributed by atoms with Gasteiger partial charge in [0.25, 0.3) is 0 Å². The van der Waals surface area contributed by atoms with Crippen LogP contribution < -0.4 is 0 Å². The molecule has 0 aliphatic heterocycles. The molecule has 0 radical (unpaired) electrons. The fourth-order valence-corrected chi connectivity index (χ4v) is 10.5. The Hall–Kier alpha value is -6.72. The van der Waals surface area contributed by atoms with E-state index in [1.54, 1.807) is 0 Å². The number of thiophene rings is 2. The number of benzene rings is 8. The van der Waals surface area contributed by atoms with Crippen molar-refractivity contribution in [2.24, 2.45) is 0 Å². The molecule has 0 aliphatic carbocycles. The first-order chi connectivity index (χ1) is 27.8. The number of hydrogen-bond donors (Lipinski definition) is 0. The molecule has 0 saturated carbocycles. The lowest BCUT2D eigenvalue weighted by Crippen LogP contribution is -1.99. The highest BCUT2D eigenvalue weighted by atomic mass is 32.1. The van der Waals surface area contributed by atoms with E-state index < -0.39 is 0 Å². The van der Waals surface area contributed by atoms with E-state index >= 15 is 0 Å². The fraction of sp³-hybridized carbons (Fsp3) is 0. The highest BCUT2D eigenvalue weighted by Gasteiger charge is 2.22. The molecule has 56 heavy (non-hydrogen) atoms. The molecule has 11 rings (SSSR count). The van der Waals surface area contributed by atoms with E-state index in [2.05, 4.69) is 194 Å². The van der Waals surface area contributed by atoms with Crippen molar-refractivity contribution in [1.29, 1.82) is 0 Å². The second kappa shape index (κ2) is 13.5. The molecule has 262 valence electrons. The first kappa shape index (κ1) is 32.7. The van der Waals surface area contributed by atoms with Gasteiger partial charge in [-0.2, -0.15) is 0 Å². The lowest BCUT2D eigenvalue weighted by atomic mass is 9.90. The smallest absolute Gasteiger partial charge is 0.161 e. The third-order valence-corrected chi connectivity index (χ3v) is 13.2. The fourth-order valence-electron chi connectivity index (χ4n) is 8.10. The van der Waals surface area contributed by atoms with Crippen LogP contribution in [0.25, 0.3) is 108 Å². The van der Waals surface area contributed by atoms with Crippen LogP contribution in [0.5, 0.6) is 0 Å². The van der Waals surface area contributed by atoms with Gasteiger partial charge in [0.05, 0.1) is 11.4 Å². The third kappa shape index (κ3) is 5.53. The van der Waals surface area contributed by atoms with Gasteiger partial charge in [0, 0.05) is 57.0 Å². The zero-order valence-electron chi connectivity index (χ0n) is 30.2. The maximum Gasteiger partial charge on any atom is 0.161 e. The van der Waals surface area contributed by atoms with Crippen molar-refractivity contribution < 1.29 is 0 Å². The van der Waals surface area contributed by atoms with E-state index in [0.29, 0.717) is 5.82 Å². The number of rotatable bonds is 6. The lowest BCUT2D eigenvalue weighted by Gasteiger charge is -2.17. The van der Waals surface area contributed by atoms with Crippen molar-refractivity contribution in [1.82, 2.24) is 9.97 Å². The topological polar surface area (TPSA) is 25.8 Å². The van der Waals surface area contributed by atoms with Gasteiger partial charge in [-0.25, -0.2) is 9.97 Å². The molecule has 0 fully saturated rings. The van der Waals surface area contributed by atoms with Crippen molar-refractivity contribution in [2.75, 3.05) is 0 Å². The van der Waals surface area contributed by atoms with E-state index in [-0.39, 0.29) is 0 Å². The molecule has 3 aromatic heterocycles. The molecule has 4 heteroatoms. The van der Waals surface area contributed by atoms with Crippen LogP contribution in [0, 0.1) is 0 Å². The molecule has 0 aliphatic rings. The Morgan fingerprint density at radius 3 is 1.25 bits per heavy atom. The van der Waals surface area contributed by atoms with Crippen LogP contribution >= 0.6 is 22.7 Å². The van der Waals surface area contributed by atoms with Crippen LogP contribution in [-0.2, 0) is 0 Å². The second-order valence-electron chi connectivity index (χ2n) is 14.1. The normalized spacial score (nSPS) is 11.6. The SMILES string of the molecule is c1ccc(-c2ccc(-c3cccc(-c4ccccc4)c3-c3nc(-c4cccc5c4sc4ccccc45)cc(-c4cccc5c4sc4ccccc45)n3)cc2)cc1. The predicted octanol–water partition coefficient (Wildman–Crippen LogP) is 15.2. The minimum Gasteiger partial charge on any atom is -0.228 e. The molecular weight excluding hydrogens is 717 g/mol. The van der Waals surface area contributed by atoms with Crippen LogP contribution in [-0.4, -0.2) is 9.97 Å². The molecule has 8 aromatic carbocycles. The Bertz CT molecular complexity index is 3100. The van der Waals surface area contributed by atoms with Crippen molar-refractivity contribution in [3.63, 3.8) is 0 Å². The molecule has 0 unspecified atom stereocenters. The van der Waals surface area contributed by atoms with Gasteiger partial charge < -0.3 is 0 Å². The Kier molecular flexibility index (Phi) is 7.90. The standard InChI is InChI=1S/C52H32N2S2/c1-3-14-33(15-4-1)34-28-30-36(31-29-34)38-21-11-20-37(35-16-5-2-6-17-35)49(38)52-53-45(43-24-12-22-41-39-18-7-9-26-47(39)55-50(41)43)32-46(54-52)44-25-13-23-42-40-19-8-10-27-48(40)56-51(42)44/h1-32H.